The van der Waals surface area contributed by atoms with Gasteiger partial charge in [-0.15, -0.1) is 0 Å². The molecule has 0 aliphatic carbocycles. The van der Waals surface area contributed by atoms with Gasteiger partial charge in [-0.2, -0.15) is 0 Å². The lowest BCUT2D eigenvalue weighted by Crippen LogP contribution is -2.44. The summed E-state index contributed by atoms with van der Waals surface area (Å²) in [5.41, 5.74) is 0.618. The second-order valence-electron chi connectivity index (χ2n) is 7.06. The Morgan fingerprint density at radius 2 is 2.04 bits per heavy atom. The average Bonchev–Trinajstić information content (AvgIpc) is 2.54. The van der Waals surface area contributed by atoms with E-state index >= 15 is 0 Å². The minimum Gasteiger partial charge on any atom is -0.444 e. The Labute approximate surface area is 146 Å². The van der Waals surface area contributed by atoms with Crippen molar-refractivity contribution in [1.82, 2.24) is 4.90 Å². The summed E-state index contributed by atoms with van der Waals surface area (Å²) in [5, 5.41) is 21.6. The molecule has 1 saturated heterocycles. The number of carbonyl (C=O) groups excluding carboxylic acids is 1. The molecule has 2 N–H and O–H groups in total. The first kappa shape index (κ1) is 18.7. The average molecular weight is 348 g/mol. The van der Waals surface area contributed by atoms with E-state index in [0.717, 1.165) is 19.1 Å². The highest BCUT2D eigenvalue weighted by molar-refractivity contribution is 5.87. The number of likely N-dealkylation sites (tertiary alicyclic amines) is 1. The standard InChI is InChI=1S/C17H24N4O4/c1-17(2,3)25-16(22)20-8-6-13(7-9-20)19-15-5-4-14(21(23)24)10-12(15)11-18/h4-5,10-11,13,18-19H,6-9H2,1-3H3. The normalized spacial score (nSPS) is 15.6. The number of nitro groups is 1. The van der Waals surface area contributed by atoms with Crippen molar-refractivity contribution in [2.45, 2.75) is 45.3 Å². The molecule has 0 saturated carbocycles. The maximum absolute atomic E-state index is 12.1. The lowest BCUT2D eigenvalue weighted by atomic mass is 10.0. The van der Waals surface area contributed by atoms with Crippen molar-refractivity contribution in [2.24, 2.45) is 0 Å². The van der Waals surface area contributed by atoms with Crippen molar-refractivity contribution < 1.29 is 14.5 Å². The van der Waals surface area contributed by atoms with E-state index in [4.69, 9.17) is 10.1 Å². The summed E-state index contributed by atoms with van der Waals surface area (Å²) in [6.07, 6.45) is 2.29. The molecule has 0 radical (unpaired) electrons. The van der Waals surface area contributed by atoms with Gasteiger partial charge in [0.15, 0.2) is 0 Å². The Morgan fingerprint density at radius 3 is 2.56 bits per heavy atom. The van der Waals surface area contributed by atoms with E-state index in [1.165, 1.54) is 12.1 Å². The molecule has 1 aromatic carbocycles. The van der Waals surface area contributed by atoms with Crippen LogP contribution in [0.3, 0.4) is 0 Å². The minimum absolute atomic E-state index is 0.0382. The maximum Gasteiger partial charge on any atom is 0.410 e. The van der Waals surface area contributed by atoms with Gasteiger partial charge in [0.05, 0.1) is 4.92 Å². The Balaban J connectivity index is 1.95. The van der Waals surface area contributed by atoms with Gasteiger partial charge in [-0.25, -0.2) is 4.79 Å². The molecule has 1 aromatic rings. The van der Waals surface area contributed by atoms with Crippen LogP contribution in [0.5, 0.6) is 0 Å². The number of carbonyl (C=O) groups is 1. The first-order chi connectivity index (χ1) is 11.7. The fourth-order valence-corrected chi connectivity index (χ4v) is 2.67. The molecule has 0 unspecified atom stereocenters. The number of anilines is 1. The molecule has 0 aromatic heterocycles. The molecule has 0 atom stereocenters. The monoisotopic (exact) mass is 348 g/mol. The highest BCUT2D eigenvalue weighted by Crippen LogP contribution is 2.24. The Kier molecular flexibility index (Phi) is 5.61. The number of amides is 1. The zero-order valence-electron chi connectivity index (χ0n) is 14.7. The summed E-state index contributed by atoms with van der Waals surface area (Å²) in [7, 11) is 0. The smallest absolute Gasteiger partial charge is 0.410 e. The molecule has 1 fully saturated rings. The predicted molar refractivity (Wildman–Crippen MR) is 95.4 cm³/mol. The summed E-state index contributed by atoms with van der Waals surface area (Å²) in [4.78, 5) is 24.1. The Bertz CT molecular complexity index is 661. The van der Waals surface area contributed by atoms with E-state index in [0.29, 0.717) is 24.3 Å². The summed E-state index contributed by atoms with van der Waals surface area (Å²) in [5.74, 6) is 0. The molecule has 8 nitrogen and oxygen atoms in total. The molecule has 136 valence electrons. The number of hydrogen-bond donors (Lipinski definition) is 2. The lowest BCUT2D eigenvalue weighted by Gasteiger charge is -2.34. The molecule has 1 amide bonds. The summed E-state index contributed by atoms with van der Waals surface area (Å²) in [6.45, 7) is 6.69. The number of hydrogen-bond acceptors (Lipinski definition) is 6. The number of piperidine rings is 1. The van der Waals surface area contributed by atoms with Gasteiger partial charge < -0.3 is 20.4 Å². The summed E-state index contributed by atoms with van der Waals surface area (Å²) in [6, 6.07) is 4.56. The van der Waals surface area contributed by atoms with Crippen LogP contribution < -0.4 is 5.32 Å². The predicted octanol–water partition coefficient (Wildman–Crippen LogP) is 3.40. The van der Waals surface area contributed by atoms with E-state index < -0.39 is 10.5 Å². The van der Waals surface area contributed by atoms with Crippen molar-refractivity contribution in [3.63, 3.8) is 0 Å². The topological polar surface area (TPSA) is 109 Å². The van der Waals surface area contributed by atoms with Gasteiger partial charge in [-0.05, 0) is 39.7 Å². The van der Waals surface area contributed by atoms with Gasteiger partial charge >= 0.3 is 6.09 Å². The highest BCUT2D eigenvalue weighted by Gasteiger charge is 2.27. The van der Waals surface area contributed by atoms with E-state index in [1.807, 2.05) is 20.8 Å². The zero-order valence-corrected chi connectivity index (χ0v) is 14.7. The zero-order chi connectivity index (χ0) is 18.6. The molecule has 8 heteroatoms. The molecule has 1 aliphatic heterocycles. The van der Waals surface area contributed by atoms with Crippen LogP contribution in [0.2, 0.25) is 0 Å². The van der Waals surface area contributed by atoms with Gasteiger partial charge in [0.1, 0.15) is 5.60 Å². The van der Waals surface area contributed by atoms with Gasteiger partial charge in [0.2, 0.25) is 0 Å². The van der Waals surface area contributed by atoms with E-state index in [9.17, 15) is 14.9 Å². The van der Waals surface area contributed by atoms with E-state index in [2.05, 4.69) is 5.32 Å². The molecule has 1 aliphatic rings. The van der Waals surface area contributed by atoms with E-state index in [-0.39, 0.29) is 17.8 Å². The third-order valence-electron chi connectivity index (χ3n) is 3.91. The second-order valence-corrected chi connectivity index (χ2v) is 7.06. The quantitative estimate of drug-likeness (QED) is 0.492. The molecule has 2 rings (SSSR count). The fraction of sp³-hybridized carbons (Fsp3) is 0.529. The van der Waals surface area contributed by atoms with Gasteiger partial charge in [0.25, 0.3) is 5.69 Å². The van der Waals surface area contributed by atoms with Crippen LogP contribution in [0.15, 0.2) is 18.2 Å². The van der Waals surface area contributed by atoms with E-state index in [1.54, 1.807) is 11.0 Å². The van der Waals surface area contributed by atoms with Gasteiger partial charge in [0, 0.05) is 48.7 Å². The van der Waals surface area contributed by atoms with Crippen LogP contribution in [0.25, 0.3) is 0 Å². The SMILES string of the molecule is CC(C)(C)OC(=O)N1CCC(Nc2ccc([N+](=O)[O-])cc2C=N)CC1. The Hall–Kier alpha value is -2.64. The van der Waals surface area contributed by atoms with Crippen molar-refractivity contribution in [3.8, 4) is 0 Å². The first-order valence-corrected chi connectivity index (χ1v) is 8.23. The number of nitrogens with one attached hydrogen (secondary N) is 2. The molecule has 25 heavy (non-hydrogen) atoms. The number of ether oxygens (including phenoxy) is 1. The summed E-state index contributed by atoms with van der Waals surface area (Å²) >= 11 is 0. The van der Waals surface area contributed by atoms with Crippen LogP contribution in [0.4, 0.5) is 16.2 Å². The van der Waals surface area contributed by atoms with Crippen LogP contribution in [-0.4, -0.2) is 46.9 Å². The lowest BCUT2D eigenvalue weighted by molar-refractivity contribution is -0.384. The largest absolute Gasteiger partial charge is 0.444 e. The fourth-order valence-electron chi connectivity index (χ4n) is 2.67. The highest BCUT2D eigenvalue weighted by atomic mass is 16.6. The first-order valence-electron chi connectivity index (χ1n) is 8.23. The van der Waals surface area contributed by atoms with Crippen LogP contribution in [0, 0.1) is 15.5 Å². The maximum atomic E-state index is 12.1. The molecular formula is C17H24N4O4. The van der Waals surface area contributed by atoms with Crippen molar-refractivity contribution in [1.29, 1.82) is 5.41 Å². The van der Waals surface area contributed by atoms with Crippen LogP contribution in [-0.2, 0) is 4.74 Å². The second kappa shape index (κ2) is 7.50. The molecule has 0 bridgehead atoms. The molecular weight excluding hydrogens is 324 g/mol. The van der Waals surface area contributed by atoms with Crippen LogP contribution in [0.1, 0.15) is 39.2 Å². The number of rotatable bonds is 4. The van der Waals surface area contributed by atoms with Crippen molar-refractivity contribution in [3.05, 3.63) is 33.9 Å². The number of nitrogens with zero attached hydrogens (tertiary/aromatic N) is 2. The van der Waals surface area contributed by atoms with Gasteiger partial charge in [-0.1, -0.05) is 0 Å². The van der Waals surface area contributed by atoms with Crippen LogP contribution >= 0.6 is 0 Å². The van der Waals surface area contributed by atoms with Gasteiger partial charge in [-0.3, -0.25) is 10.1 Å². The van der Waals surface area contributed by atoms with Crippen molar-refractivity contribution >= 4 is 23.7 Å². The number of benzene rings is 1. The Morgan fingerprint density at radius 1 is 1.40 bits per heavy atom. The van der Waals surface area contributed by atoms with Crippen molar-refractivity contribution in [2.75, 3.05) is 18.4 Å². The molecule has 0 spiro atoms. The minimum atomic E-state index is -0.510. The third-order valence-corrected chi connectivity index (χ3v) is 3.91. The summed E-state index contributed by atoms with van der Waals surface area (Å²) < 4.78 is 5.38. The third kappa shape index (κ3) is 5.17. The number of nitro benzene ring substituents is 1. The molecule has 1 heterocycles. The number of non-ortho nitro benzene ring substituents is 1.